The summed E-state index contributed by atoms with van der Waals surface area (Å²) in [5, 5.41) is 1.13. The topological polar surface area (TPSA) is 58.9 Å². The molecule has 2 aliphatic heterocycles. The summed E-state index contributed by atoms with van der Waals surface area (Å²) in [6.45, 7) is 0. The number of rotatable bonds is 0. The van der Waals surface area contributed by atoms with Gasteiger partial charge in [0.15, 0.2) is 11.6 Å². The number of benzene rings is 2. The number of hydrogen-bond donors (Lipinski definition) is 0. The van der Waals surface area contributed by atoms with Crippen LogP contribution in [0.2, 0.25) is 0 Å². The maximum atomic E-state index is 12.8. The number of carbonyl (C=O) groups is 2. The quantitative estimate of drug-likeness (QED) is 0.598. The van der Waals surface area contributed by atoms with E-state index in [0.717, 1.165) is 6.42 Å². The van der Waals surface area contributed by atoms with Crippen LogP contribution in [0.4, 0.5) is 5.69 Å². The fraction of sp³-hybridized carbons (Fsp3) is 0.100. The van der Waals surface area contributed by atoms with Gasteiger partial charge in [-0.2, -0.15) is 0 Å². The van der Waals surface area contributed by atoms with Crippen LogP contribution in [-0.2, 0) is 0 Å². The van der Waals surface area contributed by atoms with Gasteiger partial charge < -0.3 is 0 Å². The molecular weight excluding hydrogens is 300 g/mol. The van der Waals surface area contributed by atoms with Crippen molar-refractivity contribution in [1.82, 2.24) is 0 Å². The zero-order chi connectivity index (χ0) is 16.3. The fourth-order valence-electron chi connectivity index (χ4n) is 3.45. The van der Waals surface area contributed by atoms with Crippen LogP contribution in [-0.4, -0.2) is 17.6 Å². The lowest BCUT2D eigenvalue weighted by molar-refractivity contribution is 0.101. The maximum absolute atomic E-state index is 12.8. The van der Waals surface area contributed by atoms with Crippen LogP contribution < -0.4 is 10.7 Å². The molecule has 0 amide bonds. The van der Waals surface area contributed by atoms with Crippen LogP contribution in [0.3, 0.4) is 0 Å². The van der Waals surface area contributed by atoms with Crippen molar-refractivity contribution in [3.05, 3.63) is 87.6 Å². The number of ketones is 2. The molecule has 2 aromatic rings. The minimum Gasteiger partial charge on any atom is -0.289 e. The van der Waals surface area contributed by atoms with Crippen LogP contribution >= 0.6 is 0 Å². The summed E-state index contributed by atoms with van der Waals surface area (Å²) in [7, 11) is 0. The van der Waals surface area contributed by atoms with Crippen molar-refractivity contribution in [3.8, 4) is 0 Å². The molecule has 24 heavy (non-hydrogen) atoms. The molecule has 0 N–H and O–H groups in total. The van der Waals surface area contributed by atoms with Crippen molar-refractivity contribution in [3.63, 3.8) is 0 Å². The number of Topliss-reactive ketones (excluding diaryl/α,β-unsaturated/α-hetero) is 1. The second-order valence-corrected chi connectivity index (χ2v) is 6.07. The Labute approximate surface area is 137 Å². The Morgan fingerprint density at radius 1 is 0.917 bits per heavy atom. The molecule has 4 nitrogen and oxygen atoms in total. The highest BCUT2D eigenvalue weighted by Crippen LogP contribution is 2.25. The average molecular weight is 312 g/mol. The van der Waals surface area contributed by atoms with Crippen LogP contribution in [0, 0.1) is 0 Å². The predicted molar refractivity (Wildman–Crippen MR) is 88.2 cm³/mol. The van der Waals surface area contributed by atoms with Gasteiger partial charge in [-0.15, -0.1) is 0 Å². The Morgan fingerprint density at radius 2 is 1.71 bits per heavy atom. The SMILES string of the molecule is O=C1C2=CCC=CC2N=c2cc3c(cc21)=Nc1ccccc1C3=O. The summed E-state index contributed by atoms with van der Waals surface area (Å²) in [4.78, 5) is 34.7. The smallest absolute Gasteiger partial charge is 0.197 e. The van der Waals surface area contributed by atoms with Crippen molar-refractivity contribution in [1.29, 1.82) is 0 Å². The predicted octanol–water partition coefficient (Wildman–Crippen LogP) is 2.25. The molecule has 1 unspecified atom stereocenters. The molecule has 114 valence electrons. The van der Waals surface area contributed by atoms with E-state index in [2.05, 4.69) is 9.98 Å². The Kier molecular flexibility index (Phi) is 2.59. The van der Waals surface area contributed by atoms with Crippen molar-refractivity contribution >= 4 is 17.3 Å². The molecule has 0 aromatic heterocycles. The van der Waals surface area contributed by atoms with Crippen LogP contribution in [0.1, 0.15) is 32.7 Å². The van der Waals surface area contributed by atoms with Crippen molar-refractivity contribution in [2.24, 2.45) is 9.98 Å². The van der Waals surface area contributed by atoms with Gasteiger partial charge in [-0.3, -0.25) is 14.6 Å². The number of hydrogen-bond acceptors (Lipinski definition) is 4. The minimum atomic E-state index is -0.236. The van der Waals surface area contributed by atoms with Crippen LogP contribution in [0.5, 0.6) is 0 Å². The van der Waals surface area contributed by atoms with Gasteiger partial charge in [0.05, 0.1) is 28.0 Å². The molecule has 0 bridgehead atoms. The molecule has 5 rings (SSSR count). The molecule has 1 atom stereocenters. The van der Waals surface area contributed by atoms with Gasteiger partial charge in [-0.25, -0.2) is 4.99 Å². The third-order valence-electron chi connectivity index (χ3n) is 4.64. The fourth-order valence-corrected chi connectivity index (χ4v) is 3.45. The second kappa shape index (κ2) is 4.68. The zero-order valence-electron chi connectivity index (χ0n) is 12.7. The average Bonchev–Trinajstić information content (AvgIpc) is 2.62. The summed E-state index contributed by atoms with van der Waals surface area (Å²) in [6, 6.07) is 10.4. The Morgan fingerprint density at radius 3 is 2.62 bits per heavy atom. The molecule has 2 aromatic carbocycles. The second-order valence-electron chi connectivity index (χ2n) is 6.07. The van der Waals surface area contributed by atoms with E-state index in [0.29, 0.717) is 38.7 Å². The molecule has 0 saturated carbocycles. The molecule has 1 aliphatic carbocycles. The summed E-state index contributed by atoms with van der Waals surface area (Å²) in [5.41, 5.74) is 2.99. The van der Waals surface area contributed by atoms with E-state index < -0.39 is 0 Å². The van der Waals surface area contributed by atoms with E-state index in [-0.39, 0.29) is 17.6 Å². The normalized spacial score (nSPS) is 20.0. The Hall–Kier alpha value is -3.14. The molecule has 0 spiro atoms. The highest BCUT2D eigenvalue weighted by Gasteiger charge is 2.29. The molecule has 0 saturated heterocycles. The number of fused-ring (bicyclic) bond motifs is 4. The summed E-state index contributed by atoms with van der Waals surface area (Å²) in [5.74, 6) is -0.0831. The van der Waals surface area contributed by atoms with Gasteiger partial charge in [-0.1, -0.05) is 30.4 Å². The maximum Gasteiger partial charge on any atom is 0.197 e. The first-order valence-corrected chi connectivity index (χ1v) is 7.88. The van der Waals surface area contributed by atoms with E-state index in [9.17, 15) is 9.59 Å². The number of para-hydroxylation sites is 1. The third-order valence-corrected chi connectivity index (χ3v) is 4.64. The highest BCUT2D eigenvalue weighted by molar-refractivity contribution is 6.14. The van der Waals surface area contributed by atoms with Crippen molar-refractivity contribution < 1.29 is 9.59 Å². The first-order valence-electron chi connectivity index (χ1n) is 7.88. The highest BCUT2D eigenvalue weighted by atomic mass is 16.1. The first-order chi connectivity index (χ1) is 11.7. The van der Waals surface area contributed by atoms with E-state index >= 15 is 0 Å². The number of nitrogens with zero attached hydrogens (tertiary/aromatic N) is 2. The van der Waals surface area contributed by atoms with Crippen LogP contribution in [0.15, 0.2) is 70.2 Å². The summed E-state index contributed by atoms with van der Waals surface area (Å²) >= 11 is 0. The molecule has 4 heteroatoms. The molecular formula is C20H12N2O2. The molecule has 3 aliphatic rings. The van der Waals surface area contributed by atoms with E-state index in [1.807, 2.05) is 36.4 Å². The van der Waals surface area contributed by atoms with Gasteiger partial charge in [-0.05, 0) is 30.7 Å². The standard InChI is InChI=1S/C20H12N2O2/c23-19-11-5-1-3-7-15(11)21-17-10-14-18(9-13(17)19)22-16-8-4-2-6-12(16)20(14)24/h1,3-10,16H,2H2. The largest absolute Gasteiger partial charge is 0.289 e. The van der Waals surface area contributed by atoms with Crippen molar-refractivity contribution in [2.75, 3.05) is 0 Å². The van der Waals surface area contributed by atoms with Crippen LogP contribution in [0.25, 0.3) is 0 Å². The van der Waals surface area contributed by atoms with E-state index in [1.54, 1.807) is 18.2 Å². The lowest BCUT2D eigenvalue weighted by Gasteiger charge is -2.21. The number of allylic oxidation sites excluding steroid dienone is 2. The third kappa shape index (κ3) is 1.74. The lowest BCUT2D eigenvalue weighted by Crippen LogP contribution is -2.35. The summed E-state index contributed by atoms with van der Waals surface area (Å²) in [6.07, 6.45) is 6.63. The molecule has 2 heterocycles. The van der Waals surface area contributed by atoms with Crippen molar-refractivity contribution in [2.45, 2.75) is 12.5 Å². The van der Waals surface area contributed by atoms with Gasteiger partial charge in [0.2, 0.25) is 0 Å². The lowest BCUT2D eigenvalue weighted by atomic mass is 9.88. The Bertz CT molecular complexity index is 1120. The molecule has 0 radical (unpaired) electrons. The summed E-state index contributed by atoms with van der Waals surface area (Å²) < 4.78 is 0. The van der Waals surface area contributed by atoms with Gasteiger partial charge in [0, 0.05) is 16.7 Å². The monoisotopic (exact) mass is 312 g/mol. The minimum absolute atomic E-state index is 0.0151. The van der Waals surface area contributed by atoms with Gasteiger partial charge in [0.25, 0.3) is 0 Å². The Balaban J connectivity index is 1.82. The molecule has 0 fully saturated rings. The first kappa shape index (κ1) is 13.3. The number of carbonyl (C=O) groups excluding carboxylic acids is 2. The zero-order valence-corrected chi connectivity index (χ0v) is 12.7. The van der Waals surface area contributed by atoms with E-state index in [1.165, 1.54) is 0 Å². The van der Waals surface area contributed by atoms with Gasteiger partial charge in [0.1, 0.15) is 0 Å². The van der Waals surface area contributed by atoms with E-state index in [4.69, 9.17) is 0 Å². The van der Waals surface area contributed by atoms with Gasteiger partial charge >= 0.3 is 0 Å².